The highest BCUT2D eigenvalue weighted by atomic mass is 32.2. The highest BCUT2D eigenvalue weighted by Gasteiger charge is 2.22. The fourth-order valence-corrected chi connectivity index (χ4v) is 4.75. The van der Waals surface area contributed by atoms with Crippen molar-refractivity contribution in [3.63, 3.8) is 0 Å². The Morgan fingerprint density at radius 3 is 2.71 bits per heavy atom. The minimum Gasteiger partial charge on any atom is -0.371 e. The van der Waals surface area contributed by atoms with Gasteiger partial charge in [-0.05, 0) is 49.3 Å². The summed E-state index contributed by atoms with van der Waals surface area (Å²) in [6, 6.07) is 7.69. The Morgan fingerprint density at radius 2 is 1.96 bits per heavy atom. The number of ether oxygens (including phenoxy) is 1. The minimum atomic E-state index is -0.819. The molecule has 0 radical (unpaired) electrons. The van der Waals surface area contributed by atoms with Crippen molar-refractivity contribution in [3.05, 3.63) is 29.8 Å². The fraction of sp³-hybridized carbons (Fsp3) is 0.632. The van der Waals surface area contributed by atoms with Crippen molar-refractivity contribution in [2.75, 3.05) is 18.5 Å². The molecule has 3 rings (SSSR count). The predicted molar refractivity (Wildman–Crippen MR) is 97.3 cm³/mol. The number of carbonyl (C=O) groups excluding carboxylic acids is 1. The molecule has 1 N–H and O–H groups in total. The Balaban J connectivity index is 1.47. The van der Waals surface area contributed by atoms with Gasteiger partial charge in [-0.1, -0.05) is 31.4 Å². The number of carbonyl (C=O) groups is 1. The predicted octanol–water partition coefficient (Wildman–Crippen LogP) is 3.63. The van der Waals surface area contributed by atoms with Crippen LogP contribution in [0.15, 0.2) is 24.3 Å². The van der Waals surface area contributed by atoms with Crippen molar-refractivity contribution in [1.29, 1.82) is 0 Å². The van der Waals surface area contributed by atoms with E-state index in [0.29, 0.717) is 23.5 Å². The lowest BCUT2D eigenvalue weighted by Gasteiger charge is -2.21. The summed E-state index contributed by atoms with van der Waals surface area (Å²) in [5.41, 5.74) is 1.78. The molecule has 5 heteroatoms. The van der Waals surface area contributed by atoms with Gasteiger partial charge >= 0.3 is 0 Å². The molecule has 0 bridgehead atoms. The van der Waals surface area contributed by atoms with Gasteiger partial charge in [0.15, 0.2) is 0 Å². The maximum Gasteiger partial charge on any atom is 0.250 e. The molecule has 0 aliphatic heterocycles. The standard InChI is InChI=1S/C19H27NO3S/c21-19(13-23-12-15-9-10-15)20-17-6-4-5-16(11-17)14-24(22)18-7-2-1-3-8-18/h4-6,11,15,18H,1-3,7-10,12-14H2,(H,20,21)/t24-/m1/s1. The molecule has 24 heavy (non-hydrogen) atoms. The lowest BCUT2D eigenvalue weighted by molar-refractivity contribution is -0.120. The Bertz CT molecular complexity index is 580. The molecule has 0 unspecified atom stereocenters. The largest absolute Gasteiger partial charge is 0.371 e. The molecule has 0 aromatic heterocycles. The monoisotopic (exact) mass is 349 g/mol. The molecule has 0 saturated heterocycles. The van der Waals surface area contributed by atoms with Gasteiger partial charge in [0.2, 0.25) is 5.91 Å². The van der Waals surface area contributed by atoms with Gasteiger partial charge in [-0.25, -0.2) is 0 Å². The lowest BCUT2D eigenvalue weighted by Crippen LogP contribution is -2.20. The second-order valence-corrected chi connectivity index (χ2v) is 8.71. The molecule has 1 atom stereocenters. The quantitative estimate of drug-likeness (QED) is 0.780. The number of hydrogen-bond donors (Lipinski definition) is 1. The van der Waals surface area contributed by atoms with Crippen LogP contribution in [0.25, 0.3) is 0 Å². The summed E-state index contributed by atoms with van der Waals surface area (Å²) in [4.78, 5) is 11.9. The summed E-state index contributed by atoms with van der Waals surface area (Å²) < 4.78 is 17.9. The summed E-state index contributed by atoms with van der Waals surface area (Å²) >= 11 is 0. The first-order valence-corrected chi connectivity index (χ1v) is 10.4. The van der Waals surface area contributed by atoms with Crippen LogP contribution in [-0.4, -0.2) is 28.6 Å². The fourth-order valence-electron chi connectivity index (χ4n) is 3.15. The van der Waals surface area contributed by atoms with Crippen LogP contribution in [-0.2, 0) is 26.1 Å². The summed E-state index contributed by atoms with van der Waals surface area (Å²) in [6.45, 7) is 0.794. The average Bonchev–Trinajstić information content (AvgIpc) is 3.40. The maximum atomic E-state index is 12.5. The lowest BCUT2D eigenvalue weighted by atomic mass is 10.0. The number of nitrogens with one attached hydrogen (secondary N) is 1. The highest BCUT2D eigenvalue weighted by molar-refractivity contribution is 7.84. The zero-order valence-corrected chi connectivity index (χ0v) is 15.0. The molecule has 1 aromatic rings. The molecule has 2 aliphatic rings. The molecule has 132 valence electrons. The zero-order chi connectivity index (χ0) is 16.8. The summed E-state index contributed by atoms with van der Waals surface area (Å²) in [6.07, 6.45) is 8.30. The van der Waals surface area contributed by atoms with Crippen molar-refractivity contribution in [2.24, 2.45) is 5.92 Å². The van der Waals surface area contributed by atoms with E-state index in [1.807, 2.05) is 24.3 Å². The smallest absolute Gasteiger partial charge is 0.250 e. The number of benzene rings is 1. The minimum absolute atomic E-state index is 0.106. The molecule has 1 aromatic carbocycles. The number of hydrogen-bond acceptors (Lipinski definition) is 3. The van der Waals surface area contributed by atoms with Gasteiger partial charge in [-0.15, -0.1) is 0 Å². The molecule has 4 nitrogen and oxygen atoms in total. The number of anilines is 1. The van der Waals surface area contributed by atoms with Crippen LogP contribution in [0.3, 0.4) is 0 Å². The average molecular weight is 349 g/mol. The second-order valence-electron chi connectivity index (χ2n) is 6.99. The van der Waals surface area contributed by atoms with E-state index >= 15 is 0 Å². The van der Waals surface area contributed by atoms with Gasteiger partial charge in [-0.3, -0.25) is 9.00 Å². The van der Waals surface area contributed by atoms with Crippen LogP contribution in [0.4, 0.5) is 5.69 Å². The molecule has 1 amide bonds. The molecule has 0 spiro atoms. The van der Waals surface area contributed by atoms with Crippen molar-refractivity contribution in [2.45, 2.75) is 55.9 Å². The van der Waals surface area contributed by atoms with Crippen LogP contribution < -0.4 is 5.32 Å². The third-order valence-corrected chi connectivity index (χ3v) is 6.56. The van der Waals surface area contributed by atoms with Gasteiger partial charge in [0, 0.05) is 27.5 Å². The van der Waals surface area contributed by atoms with Crippen molar-refractivity contribution >= 4 is 22.4 Å². The van der Waals surface area contributed by atoms with E-state index in [0.717, 1.165) is 24.1 Å². The highest BCUT2D eigenvalue weighted by Crippen LogP contribution is 2.28. The van der Waals surface area contributed by atoms with Crippen LogP contribution in [0.2, 0.25) is 0 Å². The van der Waals surface area contributed by atoms with Gasteiger partial charge in [-0.2, -0.15) is 0 Å². The molecule has 2 fully saturated rings. The third-order valence-electron chi connectivity index (χ3n) is 4.73. The Hall–Kier alpha value is -1.20. The molecule has 2 saturated carbocycles. The van der Waals surface area contributed by atoms with E-state index < -0.39 is 10.8 Å². The van der Waals surface area contributed by atoms with E-state index in [1.165, 1.54) is 32.1 Å². The van der Waals surface area contributed by atoms with Crippen LogP contribution in [0, 0.1) is 5.92 Å². The Labute approximate surface area is 146 Å². The van der Waals surface area contributed by atoms with Crippen molar-refractivity contribution in [1.82, 2.24) is 0 Å². The summed E-state index contributed by atoms with van der Waals surface area (Å²) in [7, 11) is -0.819. The maximum absolute atomic E-state index is 12.5. The van der Waals surface area contributed by atoms with Gasteiger partial charge < -0.3 is 10.1 Å². The first-order chi connectivity index (χ1) is 11.7. The third kappa shape index (κ3) is 5.71. The first kappa shape index (κ1) is 17.6. The van der Waals surface area contributed by atoms with E-state index in [9.17, 15) is 9.00 Å². The summed E-state index contributed by atoms with van der Waals surface area (Å²) in [5, 5.41) is 3.21. The van der Waals surface area contributed by atoms with E-state index in [2.05, 4.69) is 5.32 Å². The van der Waals surface area contributed by atoms with Gasteiger partial charge in [0.05, 0.1) is 6.61 Å². The molecular weight excluding hydrogens is 322 g/mol. The van der Waals surface area contributed by atoms with Crippen LogP contribution >= 0.6 is 0 Å². The van der Waals surface area contributed by atoms with Crippen molar-refractivity contribution in [3.8, 4) is 0 Å². The normalized spacial score (nSPS) is 19.8. The van der Waals surface area contributed by atoms with Gasteiger partial charge in [0.25, 0.3) is 0 Å². The van der Waals surface area contributed by atoms with Crippen LogP contribution in [0.5, 0.6) is 0 Å². The number of rotatable bonds is 8. The molecule has 2 aliphatic carbocycles. The zero-order valence-electron chi connectivity index (χ0n) is 14.2. The SMILES string of the molecule is O=C(COCC1CC1)Nc1cccc(C[S@@](=O)C2CCCCC2)c1. The first-order valence-electron chi connectivity index (χ1n) is 9.04. The molecular formula is C19H27NO3S. The Kier molecular flexibility index (Phi) is 6.44. The van der Waals surface area contributed by atoms with Crippen molar-refractivity contribution < 1.29 is 13.7 Å². The van der Waals surface area contributed by atoms with E-state index in [4.69, 9.17) is 4.74 Å². The number of amides is 1. The van der Waals surface area contributed by atoms with Gasteiger partial charge in [0.1, 0.15) is 6.61 Å². The van der Waals surface area contributed by atoms with Crippen LogP contribution in [0.1, 0.15) is 50.5 Å². The van der Waals surface area contributed by atoms with E-state index in [1.54, 1.807) is 0 Å². The van der Waals surface area contributed by atoms with E-state index in [-0.39, 0.29) is 12.5 Å². The Morgan fingerprint density at radius 1 is 1.17 bits per heavy atom. The summed E-state index contributed by atoms with van der Waals surface area (Å²) in [5.74, 6) is 1.11. The molecule has 0 heterocycles. The second kappa shape index (κ2) is 8.77. The topological polar surface area (TPSA) is 55.4 Å².